The summed E-state index contributed by atoms with van der Waals surface area (Å²) >= 11 is 0. The summed E-state index contributed by atoms with van der Waals surface area (Å²) in [4.78, 5) is 13.8. The molecule has 1 unspecified atom stereocenters. The molecule has 100 valence electrons. The summed E-state index contributed by atoms with van der Waals surface area (Å²) in [5, 5.41) is 2.81. The van der Waals surface area contributed by atoms with Crippen LogP contribution in [0.5, 0.6) is 0 Å². The molecule has 4 nitrogen and oxygen atoms in total. The van der Waals surface area contributed by atoms with Crippen molar-refractivity contribution in [2.24, 2.45) is 5.73 Å². The molecule has 1 atom stereocenters. The van der Waals surface area contributed by atoms with Gasteiger partial charge in [-0.2, -0.15) is 0 Å². The van der Waals surface area contributed by atoms with Crippen LogP contribution in [-0.4, -0.2) is 29.9 Å². The molecule has 0 spiro atoms. The molecule has 0 aromatic heterocycles. The smallest absolute Gasteiger partial charge is 0.240 e. The third kappa shape index (κ3) is 4.47. The van der Waals surface area contributed by atoms with Gasteiger partial charge in [-0.25, -0.2) is 0 Å². The van der Waals surface area contributed by atoms with E-state index in [2.05, 4.69) is 30.1 Å². The van der Waals surface area contributed by atoms with Crippen molar-refractivity contribution in [2.45, 2.75) is 33.4 Å². The van der Waals surface area contributed by atoms with E-state index < -0.39 is 6.04 Å². The van der Waals surface area contributed by atoms with Crippen LogP contribution in [0.2, 0.25) is 0 Å². The van der Waals surface area contributed by atoms with E-state index >= 15 is 0 Å². The van der Waals surface area contributed by atoms with Gasteiger partial charge in [-0.15, -0.1) is 0 Å². The number of hydrogen-bond acceptors (Lipinski definition) is 3. The average Bonchev–Trinajstić information content (AvgIpc) is 2.36. The Hall–Kier alpha value is -1.39. The average molecular weight is 249 g/mol. The molecular formula is C14H23N3O. The zero-order valence-corrected chi connectivity index (χ0v) is 11.4. The lowest BCUT2D eigenvalue weighted by atomic mass is 10.2. The SMILES string of the molecule is CCN(CC)Cc1cccc(NC(=O)C(C)N)c1. The molecule has 1 rings (SSSR count). The number of rotatable bonds is 6. The molecule has 0 aliphatic carbocycles. The number of benzene rings is 1. The highest BCUT2D eigenvalue weighted by molar-refractivity contribution is 5.94. The summed E-state index contributed by atoms with van der Waals surface area (Å²) in [6.45, 7) is 8.90. The Labute approximate surface area is 109 Å². The Kier molecular flexibility index (Phi) is 5.82. The first kappa shape index (κ1) is 14.7. The zero-order valence-electron chi connectivity index (χ0n) is 11.4. The van der Waals surface area contributed by atoms with Gasteiger partial charge in [-0.05, 0) is 37.7 Å². The fourth-order valence-electron chi connectivity index (χ4n) is 1.71. The summed E-state index contributed by atoms with van der Waals surface area (Å²) in [5.74, 6) is -0.157. The van der Waals surface area contributed by atoms with E-state index in [9.17, 15) is 4.79 Å². The highest BCUT2D eigenvalue weighted by Crippen LogP contribution is 2.12. The van der Waals surface area contributed by atoms with Crippen LogP contribution in [0.4, 0.5) is 5.69 Å². The van der Waals surface area contributed by atoms with Crippen LogP contribution in [0.3, 0.4) is 0 Å². The molecule has 1 amide bonds. The molecule has 1 aromatic carbocycles. The molecule has 3 N–H and O–H groups in total. The molecule has 0 fully saturated rings. The summed E-state index contributed by atoms with van der Waals surface area (Å²) in [6, 6.07) is 7.41. The van der Waals surface area contributed by atoms with Crippen LogP contribution < -0.4 is 11.1 Å². The number of hydrogen-bond donors (Lipinski definition) is 2. The lowest BCUT2D eigenvalue weighted by Crippen LogP contribution is -2.32. The lowest BCUT2D eigenvalue weighted by molar-refractivity contribution is -0.117. The van der Waals surface area contributed by atoms with Gasteiger partial charge in [0.25, 0.3) is 0 Å². The van der Waals surface area contributed by atoms with E-state index in [1.54, 1.807) is 6.92 Å². The summed E-state index contributed by atoms with van der Waals surface area (Å²) < 4.78 is 0. The maximum Gasteiger partial charge on any atom is 0.240 e. The zero-order chi connectivity index (χ0) is 13.5. The normalized spacial score (nSPS) is 12.5. The number of amides is 1. The summed E-state index contributed by atoms with van der Waals surface area (Å²) in [7, 11) is 0. The molecule has 0 aliphatic rings. The summed E-state index contributed by atoms with van der Waals surface area (Å²) in [5.41, 5.74) is 7.53. The molecule has 4 heteroatoms. The minimum absolute atomic E-state index is 0.157. The van der Waals surface area contributed by atoms with E-state index in [4.69, 9.17) is 5.73 Å². The van der Waals surface area contributed by atoms with Gasteiger partial charge < -0.3 is 11.1 Å². The van der Waals surface area contributed by atoms with E-state index in [1.807, 2.05) is 18.2 Å². The maximum atomic E-state index is 11.5. The fraction of sp³-hybridized carbons (Fsp3) is 0.500. The van der Waals surface area contributed by atoms with E-state index in [0.29, 0.717) is 0 Å². The Balaban J connectivity index is 2.70. The predicted octanol–water partition coefficient (Wildman–Crippen LogP) is 1.81. The number of carbonyl (C=O) groups is 1. The second kappa shape index (κ2) is 7.13. The summed E-state index contributed by atoms with van der Waals surface area (Å²) in [6.07, 6.45) is 0. The molecule has 0 bridgehead atoms. The molecular weight excluding hydrogens is 226 g/mol. The fourth-order valence-corrected chi connectivity index (χ4v) is 1.71. The lowest BCUT2D eigenvalue weighted by Gasteiger charge is -2.18. The number of anilines is 1. The molecule has 1 aromatic rings. The Morgan fingerprint density at radius 2 is 2.06 bits per heavy atom. The van der Waals surface area contributed by atoms with Crippen molar-refractivity contribution in [3.63, 3.8) is 0 Å². The van der Waals surface area contributed by atoms with Crippen molar-refractivity contribution in [3.8, 4) is 0 Å². The first-order valence-corrected chi connectivity index (χ1v) is 6.44. The monoisotopic (exact) mass is 249 g/mol. The predicted molar refractivity (Wildman–Crippen MR) is 75.3 cm³/mol. The van der Waals surface area contributed by atoms with Gasteiger partial charge in [0.05, 0.1) is 6.04 Å². The van der Waals surface area contributed by atoms with Gasteiger partial charge in [0.1, 0.15) is 0 Å². The van der Waals surface area contributed by atoms with Crippen molar-refractivity contribution >= 4 is 11.6 Å². The standard InChI is InChI=1S/C14H23N3O/c1-4-17(5-2)10-12-7-6-8-13(9-12)16-14(18)11(3)15/h6-9,11H,4-5,10,15H2,1-3H3,(H,16,18). The third-order valence-electron chi connectivity index (χ3n) is 2.91. The van der Waals surface area contributed by atoms with E-state index in [1.165, 1.54) is 5.56 Å². The van der Waals surface area contributed by atoms with Gasteiger partial charge in [0, 0.05) is 12.2 Å². The molecule has 0 saturated carbocycles. The van der Waals surface area contributed by atoms with Gasteiger partial charge in [0.2, 0.25) is 5.91 Å². The van der Waals surface area contributed by atoms with Crippen molar-refractivity contribution < 1.29 is 4.79 Å². The van der Waals surface area contributed by atoms with Crippen LogP contribution in [0.15, 0.2) is 24.3 Å². The number of carbonyl (C=O) groups excluding carboxylic acids is 1. The van der Waals surface area contributed by atoms with E-state index in [0.717, 1.165) is 25.3 Å². The maximum absolute atomic E-state index is 11.5. The van der Waals surface area contributed by atoms with E-state index in [-0.39, 0.29) is 5.91 Å². The molecule has 0 radical (unpaired) electrons. The van der Waals surface area contributed by atoms with Gasteiger partial charge in [-0.1, -0.05) is 26.0 Å². The number of nitrogens with two attached hydrogens (primary N) is 1. The second-order valence-electron chi connectivity index (χ2n) is 4.44. The molecule has 0 saturated heterocycles. The Morgan fingerprint density at radius 3 is 2.61 bits per heavy atom. The Bertz CT molecular complexity index is 386. The highest BCUT2D eigenvalue weighted by atomic mass is 16.2. The quantitative estimate of drug-likeness (QED) is 0.808. The minimum Gasteiger partial charge on any atom is -0.325 e. The van der Waals surface area contributed by atoms with Crippen molar-refractivity contribution in [2.75, 3.05) is 18.4 Å². The van der Waals surface area contributed by atoms with Crippen LogP contribution >= 0.6 is 0 Å². The van der Waals surface area contributed by atoms with Crippen molar-refractivity contribution in [1.82, 2.24) is 4.90 Å². The van der Waals surface area contributed by atoms with Crippen LogP contribution in [0.1, 0.15) is 26.3 Å². The Morgan fingerprint density at radius 1 is 1.39 bits per heavy atom. The van der Waals surface area contributed by atoms with Crippen LogP contribution in [0.25, 0.3) is 0 Å². The van der Waals surface area contributed by atoms with Gasteiger partial charge >= 0.3 is 0 Å². The van der Waals surface area contributed by atoms with Crippen LogP contribution in [-0.2, 0) is 11.3 Å². The largest absolute Gasteiger partial charge is 0.325 e. The first-order chi connectivity index (χ1) is 8.56. The van der Waals surface area contributed by atoms with Gasteiger partial charge in [0.15, 0.2) is 0 Å². The number of nitrogens with zero attached hydrogens (tertiary/aromatic N) is 1. The first-order valence-electron chi connectivity index (χ1n) is 6.44. The molecule has 18 heavy (non-hydrogen) atoms. The topological polar surface area (TPSA) is 58.4 Å². The minimum atomic E-state index is -0.489. The van der Waals surface area contributed by atoms with Crippen molar-refractivity contribution in [1.29, 1.82) is 0 Å². The second-order valence-corrected chi connectivity index (χ2v) is 4.44. The molecule has 0 heterocycles. The highest BCUT2D eigenvalue weighted by Gasteiger charge is 2.08. The van der Waals surface area contributed by atoms with Crippen molar-refractivity contribution in [3.05, 3.63) is 29.8 Å². The third-order valence-corrected chi connectivity index (χ3v) is 2.91. The van der Waals surface area contributed by atoms with Gasteiger partial charge in [-0.3, -0.25) is 9.69 Å². The molecule has 0 aliphatic heterocycles. The number of nitrogens with one attached hydrogen (secondary N) is 1. The van der Waals surface area contributed by atoms with Crippen LogP contribution in [0, 0.1) is 0 Å².